The van der Waals surface area contributed by atoms with E-state index in [1.807, 2.05) is 0 Å². The van der Waals surface area contributed by atoms with E-state index in [1.165, 1.54) is 42.1 Å². The van der Waals surface area contributed by atoms with Gasteiger partial charge in [-0.25, -0.2) is 18.7 Å². The Morgan fingerprint density at radius 2 is 1.94 bits per heavy atom. The molecule has 0 aliphatic heterocycles. The molecule has 4 rings (SSSR count). The number of aliphatic hydroxyl groups is 2. The number of aliphatic hydroxyl groups excluding tert-OH is 2. The minimum absolute atomic E-state index is 0.139. The maximum absolute atomic E-state index is 15.1. The third kappa shape index (κ3) is 5.83. The fourth-order valence-electron chi connectivity index (χ4n) is 4.41. The number of amides is 1. The minimum atomic E-state index is -0.912. The maximum Gasteiger partial charge on any atom is 0.254 e. The Bertz CT molecular complexity index is 1250. The van der Waals surface area contributed by atoms with E-state index in [0.29, 0.717) is 34.6 Å². The zero-order valence-electron chi connectivity index (χ0n) is 19.7. The third-order valence-electron chi connectivity index (χ3n) is 6.44. The van der Waals surface area contributed by atoms with Crippen LogP contribution in [0.4, 0.5) is 14.6 Å². The van der Waals surface area contributed by atoms with Gasteiger partial charge in [-0.2, -0.15) is 0 Å². The number of anilines is 1. The third-order valence-corrected chi connectivity index (χ3v) is 7.15. The molecular formula is C26H28F2N4O3S. The lowest BCUT2D eigenvalue weighted by atomic mass is 9.85. The molecule has 1 aliphatic rings. The zero-order chi connectivity index (χ0) is 25.8. The molecule has 1 saturated carbocycles. The van der Waals surface area contributed by atoms with Gasteiger partial charge in [0.25, 0.3) is 5.91 Å². The number of benzene rings is 2. The Morgan fingerprint density at radius 1 is 1.19 bits per heavy atom. The fourth-order valence-corrected chi connectivity index (χ4v) is 4.90. The van der Waals surface area contributed by atoms with Crippen LogP contribution in [0, 0.1) is 11.6 Å². The van der Waals surface area contributed by atoms with Gasteiger partial charge >= 0.3 is 0 Å². The Morgan fingerprint density at radius 3 is 2.61 bits per heavy atom. The van der Waals surface area contributed by atoms with Crippen molar-refractivity contribution in [1.82, 2.24) is 15.3 Å². The van der Waals surface area contributed by atoms with Crippen LogP contribution in [-0.2, 0) is 0 Å². The smallest absolute Gasteiger partial charge is 0.254 e. The highest BCUT2D eigenvalue weighted by Crippen LogP contribution is 2.34. The van der Waals surface area contributed by atoms with Gasteiger partial charge in [-0.1, -0.05) is 6.07 Å². The second kappa shape index (κ2) is 11.3. The van der Waals surface area contributed by atoms with Crippen molar-refractivity contribution in [1.29, 1.82) is 0 Å². The van der Waals surface area contributed by atoms with Gasteiger partial charge in [-0.15, -0.1) is 11.8 Å². The molecule has 190 valence electrons. The number of aromatic nitrogens is 2. The summed E-state index contributed by atoms with van der Waals surface area (Å²) in [6, 6.07) is 7.35. The SMILES string of the molecule is CSc1cc(F)cc([C@@H](CO)NC(=O)c2ccc(-c3nc(C4CCC(O)CC4)cnc3N)cc2F)c1. The summed E-state index contributed by atoms with van der Waals surface area (Å²) in [6.45, 7) is -0.486. The quantitative estimate of drug-likeness (QED) is 0.349. The molecule has 0 unspecified atom stereocenters. The van der Waals surface area contributed by atoms with Crippen molar-refractivity contribution in [2.24, 2.45) is 0 Å². The predicted molar refractivity (Wildman–Crippen MR) is 135 cm³/mol. The van der Waals surface area contributed by atoms with E-state index < -0.39 is 30.2 Å². The summed E-state index contributed by atoms with van der Waals surface area (Å²) in [4.78, 5) is 22.3. The molecule has 0 spiro atoms. The minimum Gasteiger partial charge on any atom is -0.394 e. The molecule has 2 aromatic carbocycles. The first kappa shape index (κ1) is 26.0. The molecule has 36 heavy (non-hydrogen) atoms. The van der Waals surface area contributed by atoms with E-state index in [-0.39, 0.29) is 23.4 Å². The number of nitrogens with two attached hydrogens (primary N) is 1. The molecule has 1 amide bonds. The van der Waals surface area contributed by atoms with Crippen molar-refractivity contribution in [2.45, 2.75) is 48.6 Å². The van der Waals surface area contributed by atoms with Gasteiger partial charge in [0.05, 0.1) is 36.2 Å². The van der Waals surface area contributed by atoms with Gasteiger partial charge < -0.3 is 21.3 Å². The number of carbonyl (C=O) groups excluding carboxylic acids is 1. The molecule has 1 heterocycles. The number of hydrogen-bond acceptors (Lipinski definition) is 7. The van der Waals surface area contributed by atoms with Crippen LogP contribution in [0.1, 0.15) is 59.3 Å². The fraction of sp³-hybridized carbons (Fsp3) is 0.346. The van der Waals surface area contributed by atoms with E-state index in [4.69, 9.17) is 5.73 Å². The Balaban J connectivity index is 1.55. The highest BCUT2D eigenvalue weighted by Gasteiger charge is 2.24. The molecule has 1 aromatic heterocycles. The summed E-state index contributed by atoms with van der Waals surface area (Å²) in [5.74, 6) is -1.76. The summed E-state index contributed by atoms with van der Waals surface area (Å²) in [5.41, 5.74) is 7.60. The second-order valence-corrected chi connectivity index (χ2v) is 9.74. The van der Waals surface area contributed by atoms with E-state index in [1.54, 1.807) is 18.5 Å². The lowest BCUT2D eigenvalue weighted by Crippen LogP contribution is -2.31. The lowest BCUT2D eigenvalue weighted by Gasteiger charge is -2.25. The van der Waals surface area contributed by atoms with Crippen LogP contribution < -0.4 is 11.1 Å². The lowest BCUT2D eigenvalue weighted by molar-refractivity contribution is 0.0912. The van der Waals surface area contributed by atoms with Crippen LogP contribution in [0.5, 0.6) is 0 Å². The molecule has 0 radical (unpaired) electrons. The van der Waals surface area contributed by atoms with Crippen molar-refractivity contribution in [3.63, 3.8) is 0 Å². The van der Waals surface area contributed by atoms with Crippen LogP contribution in [0.2, 0.25) is 0 Å². The highest BCUT2D eigenvalue weighted by atomic mass is 32.2. The average Bonchev–Trinajstić information content (AvgIpc) is 2.87. The number of halogens is 2. The van der Waals surface area contributed by atoms with Crippen LogP contribution in [0.15, 0.2) is 47.5 Å². The molecule has 10 heteroatoms. The number of nitrogens with one attached hydrogen (secondary N) is 1. The van der Waals surface area contributed by atoms with Crippen LogP contribution in [0.25, 0.3) is 11.3 Å². The zero-order valence-corrected chi connectivity index (χ0v) is 20.6. The topological polar surface area (TPSA) is 121 Å². The van der Waals surface area contributed by atoms with Gasteiger partial charge in [0, 0.05) is 16.4 Å². The predicted octanol–water partition coefficient (Wildman–Crippen LogP) is 4.21. The van der Waals surface area contributed by atoms with Crippen molar-refractivity contribution in [3.05, 3.63) is 71.1 Å². The molecule has 0 bridgehead atoms. The van der Waals surface area contributed by atoms with Gasteiger partial charge in [0.1, 0.15) is 23.1 Å². The van der Waals surface area contributed by atoms with Crippen LogP contribution >= 0.6 is 11.8 Å². The van der Waals surface area contributed by atoms with Gasteiger partial charge in [0.2, 0.25) is 0 Å². The van der Waals surface area contributed by atoms with Crippen molar-refractivity contribution in [3.8, 4) is 11.3 Å². The second-order valence-electron chi connectivity index (χ2n) is 8.86. The largest absolute Gasteiger partial charge is 0.394 e. The van der Waals surface area contributed by atoms with Gasteiger partial charge in [0.15, 0.2) is 0 Å². The number of hydrogen-bond donors (Lipinski definition) is 4. The Hall–Kier alpha value is -3.08. The number of nitrogen functional groups attached to an aromatic ring is 1. The summed E-state index contributed by atoms with van der Waals surface area (Å²) in [5, 5.41) is 22.1. The molecule has 1 aliphatic carbocycles. The van der Waals surface area contributed by atoms with Crippen molar-refractivity contribution >= 4 is 23.5 Å². The summed E-state index contributed by atoms with van der Waals surface area (Å²) < 4.78 is 29.0. The van der Waals surface area contributed by atoms with Crippen molar-refractivity contribution < 1.29 is 23.8 Å². The molecule has 3 aromatic rings. The van der Waals surface area contributed by atoms with E-state index in [9.17, 15) is 19.4 Å². The summed E-state index contributed by atoms with van der Waals surface area (Å²) in [7, 11) is 0. The number of nitrogens with zero attached hydrogens (tertiary/aromatic N) is 2. The van der Waals surface area contributed by atoms with Crippen LogP contribution in [-0.4, -0.2) is 45.1 Å². The highest BCUT2D eigenvalue weighted by molar-refractivity contribution is 7.98. The first-order chi connectivity index (χ1) is 17.3. The Kier molecular flexibility index (Phi) is 8.17. The molecule has 1 atom stereocenters. The number of carbonyl (C=O) groups is 1. The molecule has 0 saturated heterocycles. The van der Waals surface area contributed by atoms with E-state index in [2.05, 4.69) is 15.3 Å². The van der Waals surface area contributed by atoms with E-state index in [0.717, 1.165) is 18.5 Å². The average molecular weight is 515 g/mol. The number of thioether (sulfide) groups is 1. The van der Waals surface area contributed by atoms with E-state index >= 15 is 4.39 Å². The standard InChI is InChI=1S/C26H28F2N4O3S/c1-36-19-9-16(8-17(27)11-19)23(13-33)32-26(35)20-7-4-15(10-21(20)28)24-25(29)30-12-22(31-24)14-2-5-18(34)6-3-14/h4,7-12,14,18,23,33-34H,2-3,5-6,13H2,1H3,(H2,29,30)(H,32,35)/t14?,18?,23-/m1/s1. The molecule has 1 fully saturated rings. The van der Waals surface area contributed by atoms with Gasteiger partial charge in [-0.3, -0.25) is 4.79 Å². The normalized spacial score (nSPS) is 18.6. The molecule has 7 nitrogen and oxygen atoms in total. The van der Waals surface area contributed by atoms with Crippen LogP contribution in [0.3, 0.4) is 0 Å². The first-order valence-corrected chi connectivity index (χ1v) is 12.9. The molecule has 5 N–H and O–H groups in total. The Labute approximate surface area is 212 Å². The number of rotatable bonds is 7. The van der Waals surface area contributed by atoms with Gasteiger partial charge in [-0.05, 0) is 67.8 Å². The van der Waals surface area contributed by atoms with Crippen molar-refractivity contribution in [2.75, 3.05) is 18.6 Å². The summed E-state index contributed by atoms with van der Waals surface area (Å²) >= 11 is 1.33. The first-order valence-electron chi connectivity index (χ1n) is 11.7. The monoisotopic (exact) mass is 514 g/mol. The summed E-state index contributed by atoms with van der Waals surface area (Å²) in [6.07, 6.45) is 6.04. The molecular weight excluding hydrogens is 486 g/mol. The maximum atomic E-state index is 15.1.